The molecule has 1 aromatic rings. The fourth-order valence-corrected chi connectivity index (χ4v) is 0.877. The standard InChI is InChI=1S/C9H9F3N2O2/c10-9(11,12)8(16)14-13-7(15)6-4-2-1-3-5-6/h1-5,8,14,16H,(H,13,15)/t8-/m1/s1. The fourth-order valence-electron chi connectivity index (χ4n) is 0.877. The Kier molecular flexibility index (Phi) is 3.86. The Labute approximate surface area is 89.0 Å². The van der Waals surface area contributed by atoms with Crippen molar-refractivity contribution < 1.29 is 23.1 Å². The Bertz CT molecular complexity index is 354. The number of amides is 1. The topological polar surface area (TPSA) is 61.4 Å². The van der Waals surface area contributed by atoms with E-state index in [1.807, 2.05) is 0 Å². The van der Waals surface area contributed by atoms with E-state index in [0.717, 1.165) is 0 Å². The summed E-state index contributed by atoms with van der Waals surface area (Å²) in [6.07, 6.45) is -7.62. The smallest absolute Gasteiger partial charge is 0.369 e. The maximum Gasteiger partial charge on any atom is 0.429 e. The van der Waals surface area contributed by atoms with Gasteiger partial charge in [0.15, 0.2) is 0 Å². The first-order valence-corrected chi connectivity index (χ1v) is 4.27. The zero-order valence-corrected chi connectivity index (χ0v) is 7.95. The molecule has 0 bridgehead atoms. The number of halogens is 3. The number of carbonyl (C=O) groups excluding carboxylic acids is 1. The van der Waals surface area contributed by atoms with Crippen LogP contribution in [0.5, 0.6) is 0 Å². The molecule has 0 fully saturated rings. The van der Waals surface area contributed by atoms with E-state index in [9.17, 15) is 18.0 Å². The summed E-state index contributed by atoms with van der Waals surface area (Å²) >= 11 is 0. The number of hydrogen-bond acceptors (Lipinski definition) is 3. The number of rotatable bonds is 3. The summed E-state index contributed by atoms with van der Waals surface area (Å²) in [5.74, 6) is -0.760. The lowest BCUT2D eigenvalue weighted by molar-refractivity contribution is -0.215. The normalized spacial score (nSPS) is 13.2. The van der Waals surface area contributed by atoms with Crippen LogP contribution in [0.15, 0.2) is 30.3 Å². The van der Waals surface area contributed by atoms with Crippen molar-refractivity contribution in [2.24, 2.45) is 0 Å². The zero-order valence-electron chi connectivity index (χ0n) is 7.95. The van der Waals surface area contributed by atoms with E-state index in [-0.39, 0.29) is 5.56 Å². The van der Waals surface area contributed by atoms with Crippen molar-refractivity contribution in [1.29, 1.82) is 0 Å². The molecule has 0 heterocycles. The summed E-state index contributed by atoms with van der Waals surface area (Å²) in [7, 11) is 0. The van der Waals surface area contributed by atoms with Gasteiger partial charge in [0.1, 0.15) is 0 Å². The summed E-state index contributed by atoms with van der Waals surface area (Å²) in [4.78, 5) is 11.2. The third-order valence-electron chi connectivity index (χ3n) is 1.67. The Balaban J connectivity index is 2.48. The predicted octanol–water partition coefficient (Wildman–Crippen LogP) is 0.802. The van der Waals surface area contributed by atoms with E-state index < -0.39 is 18.3 Å². The minimum atomic E-state index is -4.83. The molecule has 16 heavy (non-hydrogen) atoms. The second kappa shape index (κ2) is 4.95. The molecule has 3 N–H and O–H groups in total. The zero-order chi connectivity index (χ0) is 12.2. The first-order chi connectivity index (χ1) is 7.41. The molecule has 4 nitrogen and oxygen atoms in total. The molecule has 0 unspecified atom stereocenters. The van der Waals surface area contributed by atoms with Gasteiger partial charge in [0, 0.05) is 5.56 Å². The van der Waals surface area contributed by atoms with Crippen LogP contribution in [0.1, 0.15) is 10.4 Å². The maximum absolute atomic E-state index is 11.8. The molecular weight excluding hydrogens is 225 g/mol. The molecule has 1 atom stereocenters. The second-order valence-electron chi connectivity index (χ2n) is 2.91. The molecule has 1 rings (SSSR count). The van der Waals surface area contributed by atoms with Gasteiger partial charge < -0.3 is 5.11 Å². The van der Waals surface area contributed by atoms with Crippen LogP contribution >= 0.6 is 0 Å². The van der Waals surface area contributed by atoms with Crippen LogP contribution in [0.2, 0.25) is 0 Å². The molecule has 0 saturated carbocycles. The highest BCUT2D eigenvalue weighted by molar-refractivity contribution is 5.93. The van der Waals surface area contributed by atoms with E-state index in [1.165, 1.54) is 17.6 Å². The van der Waals surface area contributed by atoms with Crippen molar-refractivity contribution in [3.8, 4) is 0 Å². The quantitative estimate of drug-likeness (QED) is 0.535. The van der Waals surface area contributed by atoms with Crippen LogP contribution in [0.25, 0.3) is 0 Å². The molecule has 0 aliphatic carbocycles. The van der Waals surface area contributed by atoms with Gasteiger partial charge in [0.25, 0.3) is 5.91 Å². The SMILES string of the molecule is O=C(NN[C@H](O)C(F)(F)F)c1ccccc1. The first-order valence-electron chi connectivity index (χ1n) is 4.27. The number of nitrogens with one attached hydrogen (secondary N) is 2. The van der Waals surface area contributed by atoms with Gasteiger partial charge in [-0.2, -0.15) is 18.6 Å². The summed E-state index contributed by atoms with van der Waals surface area (Å²) in [6, 6.07) is 7.65. The van der Waals surface area contributed by atoms with Crippen LogP contribution in [-0.2, 0) is 0 Å². The molecule has 88 valence electrons. The average Bonchev–Trinajstić information content (AvgIpc) is 2.25. The molecule has 0 aliphatic rings. The number of aliphatic hydroxyl groups excluding tert-OH is 1. The van der Waals surface area contributed by atoms with E-state index >= 15 is 0 Å². The van der Waals surface area contributed by atoms with E-state index in [2.05, 4.69) is 0 Å². The molecule has 1 aromatic carbocycles. The van der Waals surface area contributed by atoms with Crippen molar-refractivity contribution in [2.45, 2.75) is 12.4 Å². The molecule has 1 amide bonds. The van der Waals surface area contributed by atoms with Crippen LogP contribution < -0.4 is 10.9 Å². The fraction of sp³-hybridized carbons (Fsp3) is 0.222. The van der Waals surface area contributed by atoms with Gasteiger partial charge in [-0.1, -0.05) is 18.2 Å². The Morgan fingerprint density at radius 2 is 1.81 bits per heavy atom. The largest absolute Gasteiger partial charge is 0.429 e. The van der Waals surface area contributed by atoms with Crippen LogP contribution in [0, 0.1) is 0 Å². The minimum absolute atomic E-state index is 0.185. The minimum Gasteiger partial charge on any atom is -0.369 e. The number of carbonyl (C=O) groups is 1. The Morgan fingerprint density at radius 1 is 1.25 bits per heavy atom. The molecule has 0 spiro atoms. The molecule has 0 aromatic heterocycles. The number of hydrazine groups is 1. The van der Waals surface area contributed by atoms with Crippen LogP contribution in [-0.4, -0.2) is 23.4 Å². The Hall–Kier alpha value is -1.60. The van der Waals surface area contributed by atoms with E-state index in [0.29, 0.717) is 0 Å². The van der Waals surface area contributed by atoms with Crippen LogP contribution in [0.3, 0.4) is 0 Å². The van der Waals surface area contributed by atoms with Crippen molar-refractivity contribution in [2.75, 3.05) is 0 Å². The highest BCUT2D eigenvalue weighted by Gasteiger charge is 2.38. The van der Waals surface area contributed by atoms with E-state index in [1.54, 1.807) is 23.6 Å². The molecule has 0 saturated heterocycles. The Morgan fingerprint density at radius 3 is 2.31 bits per heavy atom. The third-order valence-corrected chi connectivity index (χ3v) is 1.67. The predicted molar refractivity (Wildman–Crippen MR) is 49.1 cm³/mol. The van der Waals surface area contributed by atoms with Gasteiger partial charge in [-0.3, -0.25) is 10.2 Å². The average molecular weight is 234 g/mol. The van der Waals surface area contributed by atoms with Gasteiger partial charge in [-0.15, -0.1) is 0 Å². The lowest BCUT2D eigenvalue weighted by Gasteiger charge is -2.16. The molecule has 0 radical (unpaired) electrons. The number of alkyl halides is 3. The summed E-state index contributed by atoms with van der Waals surface area (Å²) in [5, 5.41) is 8.53. The third kappa shape index (κ3) is 3.52. The lowest BCUT2D eigenvalue weighted by Crippen LogP contribution is -2.51. The first kappa shape index (κ1) is 12.5. The second-order valence-corrected chi connectivity index (χ2v) is 2.91. The van der Waals surface area contributed by atoms with Gasteiger partial charge in [0.2, 0.25) is 6.23 Å². The van der Waals surface area contributed by atoms with Crippen molar-refractivity contribution in [3.63, 3.8) is 0 Å². The summed E-state index contributed by atoms with van der Waals surface area (Å²) in [5.41, 5.74) is 3.38. The molecule has 7 heteroatoms. The highest BCUT2D eigenvalue weighted by Crippen LogP contribution is 2.17. The van der Waals surface area contributed by atoms with Crippen molar-refractivity contribution in [1.82, 2.24) is 10.9 Å². The van der Waals surface area contributed by atoms with Crippen LogP contribution in [0.4, 0.5) is 13.2 Å². The van der Waals surface area contributed by atoms with Gasteiger partial charge in [0.05, 0.1) is 0 Å². The molecular formula is C9H9F3N2O2. The monoisotopic (exact) mass is 234 g/mol. The maximum atomic E-state index is 11.8. The van der Waals surface area contributed by atoms with E-state index in [4.69, 9.17) is 5.11 Å². The van der Waals surface area contributed by atoms with Gasteiger partial charge in [-0.05, 0) is 12.1 Å². The summed E-state index contributed by atoms with van der Waals surface area (Å²) in [6.45, 7) is 0. The van der Waals surface area contributed by atoms with Crippen molar-refractivity contribution >= 4 is 5.91 Å². The summed E-state index contributed by atoms with van der Waals surface area (Å²) < 4.78 is 35.5. The van der Waals surface area contributed by atoms with Gasteiger partial charge >= 0.3 is 6.18 Å². The molecule has 0 aliphatic heterocycles. The number of hydrogen-bond donors (Lipinski definition) is 3. The van der Waals surface area contributed by atoms with Gasteiger partial charge in [-0.25, -0.2) is 0 Å². The number of aliphatic hydroxyl groups is 1. The lowest BCUT2D eigenvalue weighted by atomic mass is 10.2. The number of benzene rings is 1. The van der Waals surface area contributed by atoms with Crippen molar-refractivity contribution in [3.05, 3.63) is 35.9 Å². The highest BCUT2D eigenvalue weighted by atomic mass is 19.4.